The molecular formula is C23H22ClNO5. The molecule has 1 aliphatic heterocycles. The number of nitrogens with zero attached hydrogens (tertiary/aromatic N) is 1. The number of benzene rings is 2. The third kappa shape index (κ3) is 3.31. The van der Waals surface area contributed by atoms with Gasteiger partial charge in [0.25, 0.3) is 5.91 Å². The van der Waals surface area contributed by atoms with Crippen LogP contribution in [0.5, 0.6) is 11.5 Å². The molecule has 2 aromatic carbocycles. The number of rotatable bonds is 6. The van der Waals surface area contributed by atoms with Crippen LogP contribution in [0.3, 0.4) is 0 Å². The molecule has 30 heavy (non-hydrogen) atoms. The Bertz CT molecular complexity index is 1190. The van der Waals surface area contributed by atoms with Crippen molar-refractivity contribution >= 4 is 28.5 Å². The van der Waals surface area contributed by atoms with Crippen LogP contribution in [-0.2, 0) is 0 Å². The first-order valence-corrected chi connectivity index (χ1v) is 10.2. The Morgan fingerprint density at radius 3 is 2.67 bits per heavy atom. The van der Waals surface area contributed by atoms with Crippen molar-refractivity contribution in [2.24, 2.45) is 0 Å². The Labute approximate surface area is 179 Å². The molecule has 0 N–H and O–H groups in total. The van der Waals surface area contributed by atoms with Gasteiger partial charge in [0.2, 0.25) is 5.76 Å². The van der Waals surface area contributed by atoms with Crippen molar-refractivity contribution in [3.05, 3.63) is 68.5 Å². The summed E-state index contributed by atoms with van der Waals surface area (Å²) in [4.78, 5) is 27.6. The summed E-state index contributed by atoms with van der Waals surface area (Å²) in [7, 11) is 3.21. The number of ether oxygens (including phenoxy) is 2. The van der Waals surface area contributed by atoms with E-state index in [9.17, 15) is 9.59 Å². The van der Waals surface area contributed by atoms with Crippen LogP contribution < -0.4 is 14.9 Å². The van der Waals surface area contributed by atoms with Crippen LogP contribution >= 0.6 is 11.6 Å². The Morgan fingerprint density at radius 1 is 1.13 bits per heavy atom. The number of unbranched alkanes of at least 4 members (excludes halogenated alkanes) is 1. The SMILES string of the molecule is CCCCOc1ccc(C2c3c(oc4ccc(Cl)cc4c3=O)C(=O)N2C)cc1OC. The summed E-state index contributed by atoms with van der Waals surface area (Å²) in [6.45, 7) is 2.68. The molecule has 0 fully saturated rings. The van der Waals surface area contributed by atoms with Crippen LogP contribution in [0.4, 0.5) is 0 Å². The highest BCUT2D eigenvalue weighted by molar-refractivity contribution is 6.31. The van der Waals surface area contributed by atoms with Gasteiger partial charge in [-0.15, -0.1) is 0 Å². The molecule has 2 heterocycles. The predicted octanol–water partition coefficient (Wildman–Crippen LogP) is 4.81. The Balaban J connectivity index is 1.83. The maximum absolute atomic E-state index is 13.3. The molecule has 0 saturated carbocycles. The molecule has 1 atom stereocenters. The van der Waals surface area contributed by atoms with Crippen LogP contribution in [-0.4, -0.2) is 31.6 Å². The fraction of sp³-hybridized carbons (Fsp3) is 0.304. The van der Waals surface area contributed by atoms with Crippen LogP contribution in [0.15, 0.2) is 45.6 Å². The highest BCUT2D eigenvalue weighted by Crippen LogP contribution is 2.40. The van der Waals surface area contributed by atoms with E-state index in [4.69, 9.17) is 25.5 Å². The van der Waals surface area contributed by atoms with Gasteiger partial charge in [-0.05, 0) is 42.3 Å². The fourth-order valence-corrected chi connectivity index (χ4v) is 3.92. The lowest BCUT2D eigenvalue weighted by molar-refractivity contribution is 0.0771. The maximum Gasteiger partial charge on any atom is 0.290 e. The van der Waals surface area contributed by atoms with Crippen molar-refractivity contribution in [3.63, 3.8) is 0 Å². The molecule has 7 heteroatoms. The molecule has 6 nitrogen and oxygen atoms in total. The molecule has 3 aromatic rings. The molecular weight excluding hydrogens is 406 g/mol. The molecule has 156 valence electrons. The molecule has 0 aliphatic carbocycles. The smallest absolute Gasteiger partial charge is 0.290 e. The number of amides is 1. The van der Waals surface area contributed by atoms with Crippen LogP contribution in [0, 0.1) is 0 Å². The minimum Gasteiger partial charge on any atom is -0.493 e. The second-order valence-corrected chi connectivity index (χ2v) is 7.68. The topological polar surface area (TPSA) is 69.0 Å². The van der Waals surface area contributed by atoms with Gasteiger partial charge in [0.1, 0.15) is 5.58 Å². The van der Waals surface area contributed by atoms with Gasteiger partial charge in [-0.25, -0.2) is 0 Å². The van der Waals surface area contributed by atoms with Crippen LogP contribution in [0.2, 0.25) is 5.02 Å². The predicted molar refractivity (Wildman–Crippen MR) is 115 cm³/mol. The average Bonchev–Trinajstić information content (AvgIpc) is 3.00. The number of fused-ring (bicyclic) bond motifs is 2. The summed E-state index contributed by atoms with van der Waals surface area (Å²) in [5.74, 6) is 0.890. The number of hydrogen-bond acceptors (Lipinski definition) is 5. The van der Waals surface area contributed by atoms with Gasteiger partial charge >= 0.3 is 0 Å². The minimum absolute atomic E-state index is 0.0598. The van der Waals surface area contributed by atoms with E-state index in [1.165, 1.54) is 4.90 Å². The summed E-state index contributed by atoms with van der Waals surface area (Å²) >= 11 is 6.07. The number of carbonyl (C=O) groups excluding carboxylic acids is 1. The Morgan fingerprint density at radius 2 is 1.93 bits per heavy atom. The molecule has 0 spiro atoms. The van der Waals surface area contributed by atoms with Crippen LogP contribution in [0.25, 0.3) is 11.0 Å². The van der Waals surface area contributed by atoms with E-state index >= 15 is 0 Å². The maximum atomic E-state index is 13.3. The number of methoxy groups -OCH3 is 1. The summed E-state index contributed by atoms with van der Waals surface area (Å²) in [6.07, 6.45) is 1.97. The third-order valence-corrected chi connectivity index (χ3v) is 5.56. The largest absolute Gasteiger partial charge is 0.493 e. The Kier molecular flexibility index (Phi) is 5.43. The van der Waals surface area contributed by atoms with E-state index in [1.807, 2.05) is 6.07 Å². The molecule has 1 amide bonds. The van der Waals surface area contributed by atoms with Crippen molar-refractivity contribution in [2.45, 2.75) is 25.8 Å². The first-order chi connectivity index (χ1) is 14.5. The minimum atomic E-state index is -0.592. The average molecular weight is 428 g/mol. The van der Waals surface area contributed by atoms with Crippen molar-refractivity contribution in [1.29, 1.82) is 0 Å². The van der Waals surface area contributed by atoms with Gasteiger partial charge in [-0.2, -0.15) is 0 Å². The van der Waals surface area contributed by atoms with Crippen LogP contribution in [0.1, 0.15) is 47.5 Å². The number of carbonyl (C=O) groups is 1. The van der Waals surface area contributed by atoms with Gasteiger partial charge in [-0.1, -0.05) is 31.0 Å². The van der Waals surface area contributed by atoms with Gasteiger partial charge in [-0.3, -0.25) is 9.59 Å². The molecule has 0 bridgehead atoms. The van der Waals surface area contributed by atoms with Gasteiger partial charge in [0.15, 0.2) is 16.9 Å². The van der Waals surface area contributed by atoms with E-state index in [-0.39, 0.29) is 17.1 Å². The summed E-state index contributed by atoms with van der Waals surface area (Å²) in [6, 6.07) is 9.65. The zero-order valence-corrected chi connectivity index (χ0v) is 17.8. The monoisotopic (exact) mass is 427 g/mol. The number of halogens is 1. The first-order valence-electron chi connectivity index (χ1n) is 9.80. The van der Waals surface area contributed by atoms with Crippen molar-refractivity contribution in [2.75, 3.05) is 20.8 Å². The van der Waals surface area contributed by atoms with Crippen molar-refractivity contribution in [1.82, 2.24) is 4.90 Å². The van der Waals surface area contributed by atoms with Crippen molar-refractivity contribution in [3.8, 4) is 11.5 Å². The quantitative estimate of drug-likeness (QED) is 0.528. The van der Waals surface area contributed by atoms with E-state index in [2.05, 4.69) is 6.92 Å². The molecule has 1 aliphatic rings. The van der Waals surface area contributed by atoms with E-state index in [0.29, 0.717) is 39.7 Å². The Hall–Kier alpha value is -2.99. The van der Waals surface area contributed by atoms with E-state index in [1.54, 1.807) is 44.5 Å². The van der Waals surface area contributed by atoms with E-state index < -0.39 is 6.04 Å². The molecule has 0 saturated heterocycles. The highest BCUT2D eigenvalue weighted by atomic mass is 35.5. The zero-order valence-electron chi connectivity index (χ0n) is 17.0. The fourth-order valence-electron chi connectivity index (χ4n) is 3.75. The lowest BCUT2D eigenvalue weighted by Crippen LogP contribution is -2.25. The lowest BCUT2D eigenvalue weighted by Gasteiger charge is -2.21. The molecule has 4 rings (SSSR count). The summed E-state index contributed by atoms with van der Waals surface area (Å²) in [5.41, 5.74) is 1.11. The first kappa shape index (κ1) is 20.3. The summed E-state index contributed by atoms with van der Waals surface area (Å²) in [5, 5.41) is 0.778. The second kappa shape index (κ2) is 8.03. The standard InChI is InChI=1S/C23H22ClNO5/c1-4-5-10-29-17-8-6-13(11-18(17)28-3)20-19-21(26)15-12-14(24)7-9-16(15)30-22(19)23(27)25(20)2/h6-9,11-12,20H,4-5,10H2,1-3H3. The molecule has 1 aromatic heterocycles. The number of hydrogen-bond donors (Lipinski definition) is 0. The molecule has 1 unspecified atom stereocenters. The highest BCUT2D eigenvalue weighted by Gasteiger charge is 2.41. The lowest BCUT2D eigenvalue weighted by atomic mass is 9.98. The molecule has 0 radical (unpaired) electrons. The van der Waals surface area contributed by atoms with Crippen molar-refractivity contribution < 1.29 is 18.7 Å². The van der Waals surface area contributed by atoms with Gasteiger partial charge in [0, 0.05) is 12.1 Å². The second-order valence-electron chi connectivity index (χ2n) is 7.25. The third-order valence-electron chi connectivity index (χ3n) is 5.32. The van der Waals surface area contributed by atoms with Gasteiger partial charge < -0.3 is 18.8 Å². The van der Waals surface area contributed by atoms with Gasteiger partial charge in [0.05, 0.1) is 30.7 Å². The summed E-state index contributed by atoms with van der Waals surface area (Å²) < 4.78 is 17.1. The van der Waals surface area contributed by atoms with E-state index in [0.717, 1.165) is 18.4 Å². The zero-order chi connectivity index (χ0) is 21.4. The normalized spacial score (nSPS) is 15.5.